The predicted molar refractivity (Wildman–Crippen MR) is 100 cm³/mol. The van der Waals surface area contributed by atoms with Crippen LogP contribution in [-0.2, 0) is 6.54 Å². The van der Waals surface area contributed by atoms with Gasteiger partial charge in [0.1, 0.15) is 11.6 Å². The van der Waals surface area contributed by atoms with Gasteiger partial charge in [0.05, 0.1) is 23.3 Å². The summed E-state index contributed by atoms with van der Waals surface area (Å²) in [4.78, 5) is 4.61. The van der Waals surface area contributed by atoms with E-state index in [1.165, 1.54) is 6.07 Å². The first-order chi connectivity index (χ1) is 12.6. The number of aryl methyl sites for hydroxylation is 1. The first-order valence-corrected chi connectivity index (χ1v) is 8.66. The van der Waals surface area contributed by atoms with Crippen LogP contribution >= 0.6 is 11.6 Å². The standard InChI is InChI=1S/C19H17ClFN5/c1-2-26-17-7-14(12-9-23-24-10-12)15(21)8-16(17)25-19(26)18(22)11-3-5-13(20)6-4-11/h3-10,18H,2,22H2,1H3,(H,23,24). The maximum Gasteiger partial charge on any atom is 0.133 e. The number of nitrogens with one attached hydrogen (secondary N) is 1. The van der Waals surface area contributed by atoms with Crippen LogP contribution < -0.4 is 5.73 Å². The van der Waals surface area contributed by atoms with Crippen molar-refractivity contribution in [3.05, 3.63) is 71.0 Å². The molecule has 0 bridgehead atoms. The number of nitrogens with zero attached hydrogens (tertiary/aromatic N) is 3. The highest BCUT2D eigenvalue weighted by Gasteiger charge is 2.20. The van der Waals surface area contributed by atoms with Crippen molar-refractivity contribution in [1.29, 1.82) is 0 Å². The molecule has 2 heterocycles. The Labute approximate surface area is 154 Å². The van der Waals surface area contributed by atoms with Crippen LogP contribution in [0.3, 0.4) is 0 Å². The van der Waals surface area contributed by atoms with Gasteiger partial charge in [-0.15, -0.1) is 0 Å². The number of hydrogen-bond donors (Lipinski definition) is 2. The van der Waals surface area contributed by atoms with Crippen molar-refractivity contribution >= 4 is 22.6 Å². The number of nitrogens with two attached hydrogens (primary N) is 1. The lowest BCUT2D eigenvalue weighted by atomic mass is 10.1. The highest BCUT2D eigenvalue weighted by Crippen LogP contribution is 2.30. The lowest BCUT2D eigenvalue weighted by Gasteiger charge is -2.14. The Morgan fingerprint density at radius 2 is 2.04 bits per heavy atom. The van der Waals surface area contributed by atoms with Crippen LogP contribution in [0.2, 0.25) is 5.02 Å². The summed E-state index contributed by atoms with van der Waals surface area (Å²) in [5.74, 6) is 0.347. The van der Waals surface area contributed by atoms with E-state index < -0.39 is 6.04 Å². The topological polar surface area (TPSA) is 72.5 Å². The molecule has 0 radical (unpaired) electrons. The lowest BCUT2D eigenvalue weighted by molar-refractivity contribution is 0.632. The van der Waals surface area contributed by atoms with Gasteiger partial charge in [0.25, 0.3) is 0 Å². The third kappa shape index (κ3) is 2.77. The molecule has 7 heteroatoms. The Hall–Kier alpha value is -2.70. The van der Waals surface area contributed by atoms with Crippen LogP contribution in [0.25, 0.3) is 22.2 Å². The zero-order chi connectivity index (χ0) is 18.3. The molecular formula is C19H17ClFN5. The molecule has 0 aliphatic carbocycles. The number of H-pyrrole nitrogens is 1. The van der Waals surface area contributed by atoms with Gasteiger partial charge in [-0.3, -0.25) is 5.10 Å². The average Bonchev–Trinajstić information content (AvgIpc) is 3.28. The molecule has 0 saturated heterocycles. The Bertz CT molecular complexity index is 1050. The molecule has 1 unspecified atom stereocenters. The molecule has 0 saturated carbocycles. The van der Waals surface area contributed by atoms with Gasteiger partial charge >= 0.3 is 0 Å². The maximum absolute atomic E-state index is 14.6. The van der Waals surface area contributed by atoms with Gasteiger partial charge in [-0.25, -0.2) is 9.37 Å². The van der Waals surface area contributed by atoms with E-state index in [0.29, 0.717) is 34.0 Å². The number of benzene rings is 2. The Balaban J connectivity index is 1.87. The summed E-state index contributed by atoms with van der Waals surface area (Å²) >= 11 is 5.96. The summed E-state index contributed by atoms with van der Waals surface area (Å²) in [6.45, 7) is 2.68. The van der Waals surface area contributed by atoms with Crippen LogP contribution in [0.5, 0.6) is 0 Å². The fourth-order valence-electron chi connectivity index (χ4n) is 3.17. The van der Waals surface area contributed by atoms with Crippen molar-refractivity contribution in [1.82, 2.24) is 19.7 Å². The van der Waals surface area contributed by atoms with Gasteiger partial charge in [0.15, 0.2) is 0 Å². The molecule has 4 aromatic rings. The average molecular weight is 370 g/mol. The first kappa shape index (κ1) is 16.8. The summed E-state index contributed by atoms with van der Waals surface area (Å²) in [5, 5.41) is 7.26. The Kier molecular flexibility index (Phi) is 4.22. The van der Waals surface area contributed by atoms with Crippen molar-refractivity contribution in [2.24, 2.45) is 5.73 Å². The van der Waals surface area contributed by atoms with E-state index in [2.05, 4.69) is 15.2 Å². The van der Waals surface area contributed by atoms with Gasteiger partial charge in [0, 0.05) is 35.0 Å². The maximum atomic E-state index is 14.6. The number of rotatable bonds is 4. The quantitative estimate of drug-likeness (QED) is 0.563. The van der Waals surface area contributed by atoms with Gasteiger partial charge in [-0.1, -0.05) is 23.7 Å². The molecule has 3 N–H and O–H groups in total. The lowest BCUT2D eigenvalue weighted by Crippen LogP contribution is -2.17. The molecule has 1 atom stereocenters. The van der Waals surface area contributed by atoms with Crippen LogP contribution in [0, 0.1) is 5.82 Å². The number of fused-ring (bicyclic) bond motifs is 1. The van der Waals surface area contributed by atoms with Crippen molar-refractivity contribution in [2.45, 2.75) is 19.5 Å². The zero-order valence-electron chi connectivity index (χ0n) is 14.1. The summed E-state index contributed by atoms with van der Waals surface area (Å²) in [6.07, 6.45) is 3.26. The monoisotopic (exact) mass is 369 g/mol. The molecule has 0 aliphatic heterocycles. The van der Waals surface area contributed by atoms with E-state index >= 15 is 0 Å². The van der Waals surface area contributed by atoms with Gasteiger partial charge in [0.2, 0.25) is 0 Å². The molecule has 0 spiro atoms. The summed E-state index contributed by atoms with van der Waals surface area (Å²) in [7, 11) is 0. The predicted octanol–water partition coefficient (Wildman–Crippen LogP) is 4.29. The SMILES string of the molecule is CCn1c(C(N)c2ccc(Cl)cc2)nc2cc(F)c(-c3cn[nH]c3)cc21. The van der Waals surface area contributed by atoms with Gasteiger partial charge in [-0.2, -0.15) is 5.10 Å². The number of hydrogen-bond acceptors (Lipinski definition) is 3. The highest BCUT2D eigenvalue weighted by atomic mass is 35.5. The number of aromatic amines is 1. The minimum Gasteiger partial charge on any atom is -0.327 e. The minimum absolute atomic E-state index is 0.341. The molecule has 0 fully saturated rings. The summed E-state index contributed by atoms with van der Waals surface area (Å²) in [5.41, 5.74) is 9.93. The molecule has 4 rings (SSSR count). The van der Waals surface area contributed by atoms with Crippen molar-refractivity contribution in [3.8, 4) is 11.1 Å². The van der Waals surface area contributed by atoms with Crippen LogP contribution in [0.15, 0.2) is 48.8 Å². The number of imidazole rings is 1. The van der Waals surface area contributed by atoms with E-state index in [9.17, 15) is 4.39 Å². The van der Waals surface area contributed by atoms with E-state index in [1.54, 1.807) is 30.6 Å². The Morgan fingerprint density at radius 3 is 2.69 bits per heavy atom. The normalized spacial score (nSPS) is 12.6. The van der Waals surface area contributed by atoms with Crippen LogP contribution in [0.1, 0.15) is 24.4 Å². The third-order valence-electron chi connectivity index (χ3n) is 4.50. The van der Waals surface area contributed by atoms with Crippen LogP contribution in [0.4, 0.5) is 4.39 Å². The number of aromatic nitrogens is 4. The largest absolute Gasteiger partial charge is 0.327 e. The Morgan fingerprint density at radius 1 is 1.27 bits per heavy atom. The van der Waals surface area contributed by atoms with Gasteiger partial charge in [-0.05, 0) is 30.7 Å². The summed E-state index contributed by atoms with van der Waals surface area (Å²) in [6, 6.07) is 10.2. The number of halogens is 2. The third-order valence-corrected chi connectivity index (χ3v) is 4.75. The second-order valence-corrected chi connectivity index (χ2v) is 6.49. The molecule has 132 valence electrons. The zero-order valence-corrected chi connectivity index (χ0v) is 14.8. The van der Waals surface area contributed by atoms with E-state index in [1.807, 2.05) is 23.6 Å². The fourth-order valence-corrected chi connectivity index (χ4v) is 3.30. The molecule has 0 aliphatic rings. The molecule has 2 aromatic carbocycles. The van der Waals surface area contributed by atoms with E-state index in [0.717, 1.165) is 11.1 Å². The summed E-state index contributed by atoms with van der Waals surface area (Å²) < 4.78 is 16.6. The molecule has 5 nitrogen and oxygen atoms in total. The van der Waals surface area contributed by atoms with Gasteiger partial charge < -0.3 is 10.3 Å². The van der Waals surface area contributed by atoms with Crippen LogP contribution in [-0.4, -0.2) is 19.7 Å². The molecular weight excluding hydrogens is 353 g/mol. The molecule has 26 heavy (non-hydrogen) atoms. The first-order valence-electron chi connectivity index (χ1n) is 8.28. The second-order valence-electron chi connectivity index (χ2n) is 6.05. The van der Waals surface area contributed by atoms with Crippen molar-refractivity contribution in [3.63, 3.8) is 0 Å². The fraction of sp³-hybridized carbons (Fsp3) is 0.158. The molecule has 2 aromatic heterocycles. The van der Waals surface area contributed by atoms with E-state index in [4.69, 9.17) is 17.3 Å². The molecule has 0 amide bonds. The highest BCUT2D eigenvalue weighted by molar-refractivity contribution is 6.30. The second kappa shape index (κ2) is 6.55. The van der Waals surface area contributed by atoms with Crippen molar-refractivity contribution in [2.75, 3.05) is 0 Å². The minimum atomic E-state index is -0.431. The smallest absolute Gasteiger partial charge is 0.133 e. The van der Waals surface area contributed by atoms with Crippen molar-refractivity contribution < 1.29 is 4.39 Å². The van der Waals surface area contributed by atoms with E-state index in [-0.39, 0.29) is 5.82 Å².